The molecule has 0 bridgehead atoms. The van der Waals surface area contributed by atoms with Crippen LogP contribution < -0.4 is 5.32 Å². The zero-order valence-electron chi connectivity index (χ0n) is 13.9. The first-order valence-electron chi connectivity index (χ1n) is 7.81. The fourth-order valence-electron chi connectivity index (χ4n) is 2.10. The summed E-state index contributed by atoms with van der Waals surface area (Å²) >= 11 is 0. The van der Waals surface area contributed by atoms with Crippen LogP contribution >= 0.6 is 0 Å². The van der Waals surface area contributed by atoms with Crippen molar-refractivity contribution in [1.82, 2.24) is 4.98 Å². The van der Waals surface area contributed by atoms with Crippen LogP contribution in [0.4, 0.5) is 5.69 Å². The third-order valence-corrected chi connectivity index (χ3v) is 3.48. The maximum absolute atomic E-state index is 4.16. The fraction of sp³-hybridized carbons (Fsp3) is 0.350. The number of nitrogens with zero attached hydrogens (tertiary/aromatic N) is 1. The highest BCUT2D eigenvalue weighted by Gasteiger charge is 2.12. The van der Waals surface area contributed by atoms with Crippen molar-refractivity contribution in [1.29, 1.82) is 0 Å². The van der Waals surface area contributed by atoms with E-state index in [2.05, 4.69) is 74.1 Å². The normalized spacial score (nSPS) is 10.7. The number of pyridine rings is 1. The van der Waals surface area contributed by atoms with Gasteiger partial charge >= 0.3 is 0 Å². The average Bonchev–Trinajstić information content (AvgIpc) is 2.51. The molecule has 0 spiro atoms. The summed E-state index contributed by atoms with van der Waals surface area (Å²) in [5.74, 6) is 6.48. The van der Waals surface area contributed by atoms with Crippen molar-refractivity contribution in [2.75, 3.05) is 11.9 Å². The maximum Gasteiger partial charge on any atom is 0.0685 e. The van der Waals surface area contributed by atoms with Gasteiger partial charge in [-0.05, 0) is 35.6 Å². The molecule has 2 rings (SSSR count). The Balaban J connectivity index is 2.20. The molecule has 22 heavy (non-hydrogen) atoms. The zero-order valence-corrected chi connectivity index (χ0v) is 13.9. The molecular formula is C20H24N2. The molecule has 1 heterocycles. The second kappa shape index (κ2) is 7.13. The number of hydrogen-bond acceptors (Lipinski definition) is 2. The van der Waals surface area contributed by atoms with Crippen LogP contribution in [0.3, 0.4) is 0 Å². The summed E-state index contributed by atoms with van der Waals surface area (Å²) < 4.78 is 0. The first-order chi connectivity index (χ1) is 10.5. The van der Waals surface area contributed by atoms with E-state index in [4.69, 9.17) is 0 Å². The predicted octanol–water partition coefficient (Wildman–Crippen LogP) is 4.60. The zero-order chi connectivity index (χ0) is 16.0. The van der Waals surface area contributed by atoms with Crippen molar-refractivity contribution >= 4 is 5.69 Å². The first kappa shape index (κ1) is 16.1. The number of anilines is 1. The summed E-state index contributed by atoms with van der Waals surface area (Å²) in [6.07, 6.45) is 4.70. The molecule has 0 amide bonds. The maximum atomic E-state index is 4.16. The van der Waals surface area contributed by atoms with Crippen LogP contribution in [0, 0.1) is 11.8 Å². The Kier molecular flexibility index (Phi) is 5.22. The van der Waals surface area contributed by atoms with E-state index in [9.17, 15) is 0 Å². The molecule has 1 aromatic heterocycles. The highest BCUT2D eigenvalue weighted by atomic mass is 14.9. The Hall–Kier alpha value is -2.27. The minimum atomic E-state index is 0.175. The van der Waals surface area contributed by atoms with Gasteiger partial charge < -0.3 is 5.32 Å². The van der Waals surface area contributed by atoms with Crippen LogP contribution in [0.2, 0.25) is 0 Å². The van der Waals surface area contributed by atoms with Crippen molar-refractivity contribution in [3.8, 4) is 11.8 Å². The minimum Gasteiger partial charge on any atom is -0.383 e. The molecule has 2 nitrogen and oxygen atoms in total. The Morgan fingerprint density at radius 2 is 1.77 bits per heavy atom. The summed E-state index contributed by atoms with van der Waals surface area (Å²) in [7, 11) is 0. The molecule has 0 saturated carbocycles. The van der Waals surface area contributed by atoms with E-state index in [0.717, 1.165) is 29.8 Å². The molecule has 0 aliphatic heterocycles. The predicted molar refractivity (Wildman–Crippen MR) is 94.1 cm³/mol. The molecule has 0 fully saturated rings. The van der Waals surface area contributed by atoms with Gasteiger partial charge in [0.1, 0.15) is 0 Å². The van der Waals surface area contributed by atoms with Crippen molar-refractivity contribution in [2.45, 2.75) is 39.5 Å². The van der Waals surface area contributed by atoms with Crippen molar-refractivity contribution < 1.29 is 0 Å². The van der Waals surface area contributed by atoms with E-state index in [-0.39, 0.29) is 5.41 Å². The van der Waals surface area contributed by atoms with E-state index < -0.39 is 0 Å². The van der Waals surface area contributed by atoms with Gasteiger partial charge in [-0.15, -0.1) is 0 Å². The largest absolute Gasteiger partial charge is 0.383 e. The Labute approximate surface area is 134 Å². The van der Waals surface area contributed by atoms with Gasteiger partial charge in [0.15, 0.2) is 0 Å². The number of benzene rings is 1. The van der Waals surface area contributed by atoms with Gasteiger partial charge in [0.05, 0.1) is 17.4 Å². The van der Waals surface area contributed by atoms with Crippen molar-refractivity contribution in [3.63, 3.8) is 0 Å². The SMILES string of the molecule is CCCNc1cnccc1C#Cc1ccc(C(C)(C)C)cc1. The van der Waals surface area contributed by atoms with E-state index in [1.807, 2.05) is 12.3 Å². The topological polar surface area (TPSA) is 24.9 Å². The van der Waals surface area contributed by atoms with Crippen LogP contribution in [-0.2, 0) is 5.41 Å². The first-order valence-corrected chi connectivity index (χ1v) is 7.81. The van der Waals surface area contributed by atoms with Crippen LogP contribution in [0.1, 0.15) is 50.8 Å². The molecule has 2 aromatic rings. The smallest absolute Gasteiger partial charge is 0.0685 e. The lowest BCUT2D eigenvalue weighted by Crippen LogP contribution is -2.10. The molecule has 0 unspecified atom stereocenters. The van der Waals surface area contributed by atoms with E-state index in [1.165, 1.54) is 5.56 Å². The van der Waals surface area contributed by atoms with Gasteiger partial charge in [-0.1, -0.05) is 51.7 Å². The summed E-state index contributed by atoms with van der Waals surface area (Å²) in [6.45, 7) is 9.73. The van der Waals surface area contributed by atoms with Crippen LogP contribution in [0.25, 0.3) is 0 Å². The number of nitrogens with one attached hydrogen (secondary N) is 1. The number of aromatic nitrogens is 1. The third kappa shape index (κ3) is 4.36. The van der Waals surface area contributed by atoms with Gasteiger partial charge in [-0.2, -0.15) is 0 Å². The average molecular weight is 292 g/mol. The molecular weight excluding hydrogens is 268 g/mol. The number of hydrogen-bond donors (Lipinski definition) is 1. The molecule has 114 valence electrons. The highest BCUT2D eigenvalue weighted by molar-refractivity contribution is 5.58. The molecule has 1 aromatic carbocycles. The molecule has 0 radical (unpaired) electrons. The summed E-state index contributed by atoms with van der Waals surface area (Å²) in [5.41, 5.74) is 4.53. The quantitative estimate of drug-likeness (QED) is 0.836. The van der Waals surface area contributed by atoms with Crippen LogP contribution in [-0.4, -0.2) is 11.5 Å². The molecule has 0 atom stereocenters. The second-order valence-corrected chi connectivity index (χ2v) is 6.43. The van der Waals surface area contributed by atoms with Gasteiger partial charge in [0, 0.05) is 18.3 Å². The Morgan fingerprint density at radius 3 is 2.41 bits per heavy atom. The molecule has 1 N–H and O–H groups in total. The monoisotopic (exact) mass is 292 g/mol. The lowest BCUT2D eigenvalue weighted by Gasteiger charge is -2.18. The Bertz CT molecular complexity index is 667. The fourth-order valence-corrected chi connectivity index (χ4v) is 2.10. The van der Waals surface area contributed by atoms with E-state index in [0.29, 0.717) is 0 Å². The third-order valence-electron chi connectivity index (χ3n) is 3.48. The Morgan fingerprint density at radius 1 is 1.05 bits per heavy atom. The molecule has 0 aliphatic rings. The van der Waals surface area contributed by atoms with Crippen LogP contribution in [0.5, 0.6) is 0 Å². The van der Waals surface area contributed by atoms with Crippen molar-refractivity contribution in [2.24, 2.45) is 0 Å². The van der Waals surface area contributed by atoms with Gasteiger partial charge in [-0.3, -0.25) is 4.98 Å². The summed E-state index contributed by atoms with van der Waals surface area (Å²) in [5, 5.41) is 3.36. The second-order valence-electron chi connectivity index (χ2n) is 6.43. The number of rotatable bonds is 3. The molecule has 0 saturated heterocycles. The molecule has 2 heteroatoms. The minimum absolute atomic E-state index is 0.175. The van der Waals surface area contributed by atoms with Gasteiger partial charge in [0.25, 0.3) is 0 Å². The van der Waals surface area contributed by atoms with Crippen molar-refractivity contribution in [3.05, 3.63) is 59.4 Å². The summed E-state index contributed by atoms with van der Waals surface area (Å²) in [6, 6.07) is 10.5. The van der Waals surface area contributed by atoms with Gasteiger partial charge in [-0.25, -0.2) is 0 Å². The lowest BCUT2D eigenvalue weighted by molar-refractivity contribution is 0.590. The van der Waals surface area contributed by atoms with E-state index >= 15 is 0 Å². The summed E-state index contributed by atoms with van der Waals surface area (Å²) in [4.78, 5) is 4.16. The molecule has 0 aliphatic carbocycles. The van der Waals surface area contributed by atoms with Gasteiger partial charge in [0.2, 0.25) is 0 Å². The highest BCUT2D eigenvalue weighted by Crippen LogP contribution is 2.22. The van der Waals surface area contributed by atoms with E-state index in [1.54, 1.807) is 6.20 Å². The standard InChI is InChI=1S/C20H24N2/c1-5-13-22-19-15-21-14-12-17(19)9-6-16-7-10-18(11-8-16)20(2,3)4/h7-8,10-12,14-15,22H,5,13H2,1-4H3. The lowest BCUT2D eigenvalue weighted by atomic mass is 9.87. The van der Waals surface area contributed by atoms with Crippen LogP contribution in [0.15, 0.2) is 42.7 Å².